The number of rotatable bonds is 5. The second-order valence-corrected chi connectivity index (χ2v) is 6.49. The largest absolute Gasteiger partial charge is 0.339 e. The Morgan fingerprint density at radius 3 is 2.63 bits per heavy atom. The average molecular weight is 269 g/mol. The summed E-state index contributed by atoms with van der Waals surface area (Å²) < 4.78 is 0. The van der Waals surface area contributed by atoms with Crippen molar-refractivity contribution < 1.29 is 4.79 Å². The summed E-state index contributed by atoms with van der Waals surface area (Å²) in [7, 11) is 2.13. The lowest BCUT2D eigenvalue weighted by Gasteiger charge is -2.29. The van der Waals surface area contributed by atoms with Crippen LogP contribution in [0.5, 0.6) is 0 Å². The van der Waals surface area contributed by atoms with E-state index in [0.29, 0.717) is 36.8 Å². The number of hydrogen-bond donors (Lipinski definition) is 1. The zero-order valence-electron chi connectivity index (χ0n) is 13.1. The van der Waals surface area contributed by atoms with E-state index in [1.165, 1.54) is 0 Å². The Balaban J connectivity index is 2.55. The topological polar surface area (TPSA) is 49.6 Å². The molecule has 0 aliphatic carbocycles. The molecule has 1 fully saturated rings. The maximum atomic E-state index is 12.5. The summed E-state index contributed by atoms with van der Waals surface area (Å²) in [4.78, 5) is 16.8. The van der Waals surface area contributed by atoms with Crippen LogP contribution in [0.4, 0.5) is 0 Å². The Hall–Kier alpha value is -0.610. The number of nitrogens with zero attached hydrogens (tertiary/aromatic N) is 2. The lowest BCUT2D eigenvalue weighted by molar-refractivity contribution is -0.134. The molecule has 4 heteroatoms. The minimum atomic E-state index is 0.291. The molecule has 2 unspecified atom stereocenters. The first-order valence-corrected chi connectivity index (χ1v) is 7.62. The van der Waals surface area contributed by atoms with Crippen LogP contribution in [0.1, 0.15) is 40.0 Å². The van der Waals surface area contributed by atoms with Crippen LogP contribution in [0.25, 0.3) is 0 Å². The average Bonchev–Trinajstić information content (AvgIpc) is 2.48. The highest BCUT2D eigenvalue weighted by Crippen LogP contribution is 2.18. The van der Waals surface area contributed by atoms with Gasteiger partial charge in [-0.3, -0.25) is 4.79 Å². The Morgan fingerprint density at radius 1 is 1.37 bits per heavy atom. The highest BCUT2D eigenvalue weighted by atomic mass is 16.2. The molecular weight excluding hydrogens is 238 g/mol. The second-order valence-electron chi connectivity index (χ2n) is 6.49. The van der Waals surface area contributed by atoms with E-state index in [1.807, 2.05) is 0 Å². The van der Waals surface area contributed by atoms with Crippen LogP contribution in [0.2, 0.25) is 0 Å². The molecule has 19 heavy (non-hydrogen) atoms. The summed E-state index contributed by atoms with van der Waals surface area (Å²) in [5.41, 5.74) is 5.81. The van der Waals surface area contributed by atoms with E-state index in [0.717, 1.165) is 32.5 Å². The van der Waals surface area contributed by atoms with Crippen molar-refractivity contribution in [3.63, 3.8) is 0 Å². The van der Waals surface area contributed by atoms with Crippen molar-refractivity contribution >= 4 is 5.91 Å². The van der Waals surface area contributed by atoms with Gasteiger partial charge in [0.15, 0.2) is 0 Å². The predicted molar refractivity (Wildman–Crippen MR) is 79.9 cm³/mol. The molecule has 1 saturated heterocycles. The highest BCUT2D eigenvalue weighted by Gasteiger charge is 2.25. The van der Waals surface area contributed by atoms with Crippen molar-refractivity contribution in [1.29, 1.82) is 0 Å². The third-order valence-corrected chi connectivity index (χ3v) is 3.97. The van der Waals surface area contributed by atoms with E-state index in [-0.39, 0.29) is 0 Å². The quantitative estimate of drug-likeness (QED) is 0.824. The highest BCUT2D eigenvalue weighted by molar-refractivity contribution is 5.76. The second kappa shape index (κ2) is 7.85. The Bertz CT molecular complexity index is 281. The van der Waals surface area contributed by atoms with Gasteiger partial charge in [0.05, 0.1) is 0 Å². The van der Waals surface area contributed by atoms with Crippen LogP contribution in [-0.2, 0) is 4.79 Å². The third kappa shape index (κ3) is 5.49. The van der Waals surface area contributed by atoms with E-state index in [1.54, 1.807) is 0 Å². The summed E-state index contributed by atoms with van der Waals surface area (Å²) in [6.07, 6.45) is 2.73. The number of carbonyl (C=O) groups is 1. The van der Waals surface area contributed by atoms with E-state index >= 15 is 0 Å². The van der Waals surface area contributed by atoms with Crippen molar-refractivity contribution in [2.24, 2.45) is 17.6 Å². The molecule has 0 saturated carbocycles. The molecule has 2 N–H and O–H groups in total. The van der Waals surface area contributed by atoms with E-state index in [9.17, 15) is 4.79 Å². The minimum absolute atomic E-state index is 0.291. The molecule has 1 rings (SSSR count). The first kappa shape index (κ1) is 16.4. The lowest BCUT2D eigenvalue weighted by atomic mass is 9.93. The van der Waals surface area contributed by atoms with Crippen LogP contribution in [-0.4, -0.2) is 55.0 Å². The smallest absolute Gasteiger partial charge is 0.223 e. The molecule has 0 bridgehead atoms. The van der Waals surface area contributed by atoms with E-state index in [2.05, 4.69) is 37.6 Å². The van der Waals surface area contributed by atoms with E-state index < -0.39 is 0 Å². The lowest BCUT2D eigenvalue weighted by Crippen LogP contribution is -2.43. The van der Waals surface area contributed by atoms with Gasteiger partial charge in [0.1, 0.15) is 0 Å². The maximum Gasteiger partial charge on any atom is 0.223 e. The first-order valence-electron chi connectivity index (χ1n) is 7.62. The third-order valence-electron chi connectivity index (χ3n) is 3.97. The molecule has 0 spiro atoms. The zero-order chi connectivity index (χ0) is 14.4. The molecule has 1 aliphatic rings. The monoisotopic (exact) mass is 269 g/mol. The Labute approximate surface area is 118 Å². The molecule has 1 amide bonds. The van der Waals surface area contributed by atoms with Gasteiger partial charge in [-0.25, -0.2) is 0 Å². The first-order chi connectivity index (χ1) is 8.93. The number of carbonyl (C=O) groups excluding carboxylic acids is 1. The van der Waals surface area contributed by atoms with Gasteiger partial charge in [-0.2, -0.15) is 0 Å². The van der Waals surface area contributed by atoms with Gasteiger partial charge in [0, 0.05) is 25.6 Å². The van der Waals surface area contributed by atoms with Crippen LogP contribution in [0.3, 0.4) is 0 Å². The molecule has 2 atom stereocenters. The van der Waals surface area contributed by atoms with Gasteiger partial charge in [-0.1, -0.05) is 13.8 Å². The molecule has 0 radical (unpaired) electrons. The van der Waals surface area contributed by atoms with Gasteiger partial charge >= 0.3 is 0 Å². The van der Waals surface area contributed by atoms with Crippen LogP contribution in [0, 0.1) is 11.8 Å². The Kier molecular flexibility index (Phi) is 6.80. The van der Waals surface area contributed by atoms with Crippen LogP contribution >= 0.6 is 0 Å². The van der Waals surface area contributed by atoms with Gasteiger partial charge in [0.25, 0.3) is 0 Å². The van der Waals surface area contributed by atoms with Gasteiger partial charge in [0.2, 0.25) is 5.91 Å². The molecule has 0 aromatic heterocycles. The molecule has 112 valence electrons. The standard InChI is InChI=1S/C15H31N3O/c1-12(2)8-14(10-16)9-15(19)18-7-5-6-17(4)11-13(18)3/h12-14H,5-11,16H2,1-4H3. The molecule has 4 nitrogen and oxygen atoms in total. The predicted octanol–water partition coefficient (Wildman–Crippen LogP) is 1.55. The van der Waals surface area contributed by atoms with Crippen molar-refractivity contribution in [2.75, 3.05) is 33.2 Å². The fourth-order valence-electron chi connectivity index (χ4n) is 3.04. The van der Waals surface area contributed by atoms with Crippen molar-refractivity contribution in [3.05, 3.63) is 0 Å². The summed E-state index contributed by atoms with van der Waals surface area (Å²) in [5.74, 6) is 1.23. The van der Waals surface area contributed by atoms with Crippen molar-refractivity contribution in [3.8, 4) is 0 Å². The maximum absolute atomic E-state index is 12.5. The number of hydrogen-bond acceptors (Lipinski definition) is 3. The Morgan fingerprint density at radius 2 is 2.05 bits per heavy atom. The summed E-state index contributed by atoms with van der Waals surface area (Å²) in [6.45, 7) is 10.1. The van der Waals surface area contributed by atoms with Crippen LogP contribution in [0.15, 0.2) is 0 Å². The van der Waals surface area contributed by atoms with Crippen molar-refractivity contribution in [1.82, 2.24) is 9.80 Å². The number of amides is 1. The molecule has 0 aromatic carbocycles. The summed E-state index contributed by atoms with van der Waals surface area (Å²) in [6, 6.07) is 0.317. The summed E-state index contributed by atoms with van der Waals surface area (Å²) in [5, 5.41) is 0. The minimum Gasteiger partial charge on any atom is -0.339 e. The molecule has 0 aromatic rings. The fraction of sp³-hybridized carbons (Fsp3) is 0.933. The number of nitrogens with two attached hydrogens (primary N) is 1. The van der Waals surface area contributed by atoms with Gasteiger partial charge < -0.3 is 15.5 Å². The van der Waals surface area contributed by atoms with Crippen LogP contribution < -0.4 is 5.73 Å². The van der Waals surface area contributed by atoms with Gasteiger partial charge in [-0.05, 0) is 51.7 Å². The number of likely N-dealkylation sites (N-methyl/N-ethyl adjacent to an activating group) is 1. The SMILES string of the molecule is CC(C)CC(CN)CC(=O)N1CCCN(C)CC1C. The normalized spacial score (nSPS) is 23.5. The molecule has 1 heterocycles. The molecular formula is C15H31N3O. The van der Waals surface area contributed by atoms with Gasteiger partial charge in [-0.15, -0.1) is 0 Å². The van der Waals surface area contributed by atoms with Crippen molar-refractivity contribution in [2.45, 2.75) is 46.1 Å². The van der Waals surface area contributed by atoms with E-state index in [4.69, 9.17) is 5.73 Å². The zero-order valence-corrected chi connectivity index (χ0v) is 13.1. The fourth-order valence-corrected chi connectivity index (χ4v) is 3.04. The summed E-state index contributed by atoms with van der Waals surface area (Å²) >= 11 is 0. The molecule has 1 aliphatic heterocycles.